The Kier molecular flexibility index (Phi) is 3.63. The van der Waals surface area contributed by atoms with Crippen molar-refractivity contribution < 1.29 is 0 Å². The molecule has 0 unspecified atom stereocenters. The summed E-state index contributed by atoms with van der Waals surface area (Å²) in [6.45, 7) is 0. The summed E-state index contributed by atoms with van der Waals surface area (Å²) in [5.74, 6) is 0. The van der Waals surface area contributed by atoms with E-state index in [0.29, 0.717) is 5.69 Å². The lowest BCUT2D eigenvalue weighted by atomic mass is 10.1. The summed E-state index contributed by atoms with van der Waals surface area (Å²) >= 11 is 6.97. The Bertz CT molecular complexity index is 787. The molecule has 0 atom stereocenters. The van der Waals surface area contributed by atoms with E-state index in [1.165, 1.54) is 0 Å². The van der Waals surface area contributed by atoms with Crippen molar-refractivity contribution in [2.24, 2.45) is 0 Å². The van der Waals surface area contributed by atoms with Crippen molar-refractivity contribution in [3.05, 3.63) is 57.6 Å². The number of aromatic nitrogens is 1. The van der Waals surface area contributed by atoms with Crippen LogP contribution in [0.3, 0.4) is 0 Å². The van der Waals surface area contributed by atoms with Crippen LogP contribution in [0, 0.1) is 0 Å². The van der Waals surface area contributed by atoms with Gasteiger partial charge in [0, 0.05) is 20.5 Å². The fraction of sp³-hybridized carbons (Fsp3) is 0. The van der Waals surface area contributed by atoms with Crippen LogP contribution in [-0.4, -0.2) is 4.98 Å². The van der Waals surface area contributed by atoms with E-state index >= 15 is 0 Å². The molecule has 100 valence electrons. The number of pyridine rings is 1. The molecule has 2 aromatic carbocycles. The van der Waals surface area contributed by atoms with Crippen molar-refractivity contribution in [2.75, 3.05) is 11.1 Å². The molecule has 0 amide bonds. The zero-order chi connectivity index (χ0) is 14.1. The van der Waals surface area contributed by atoms with E-state index in [4.69, 9.17) is 5.73 Å². The van der Waals surface area contributed by atoms with E-state index in [-0.39, 0.29) is 0 Å². The van der Waals surface area contributed by atoms with Crippen LogP contribution in [0.25, 0.3) is 10.9 Å². The van der Waals surface area contributed by atoms with Crippen molar-refractivity contribution >= 4 is 59.8 Å². The molecule has 3 rings (SSSR count). The Hall–Kier alpha value is -1.59. The third-order valence-corrected chi connectivity index (χ3v) is 4.18. The lowest BCUT2D eigenvalue weighted by molar-refractivity contribution is 1.41. The van der Waals surface area contributed by atoms with Gasteiger partial charge in [0.2, 0.25) is 0 Å². The predicted octanol–water partition coefficient (Wildman–Crippen LogP) is 5.09. The summed E-state index contributed by atoms with van der Waals surface area (Å²) in [4.78, 5) is 4.30. The molecule has 0 saturated heterocycles. The molecular weight excluding hydrogens is 382 g/mol. The van der Waals surface area contributed by atoms with Crippen LogP contribution >= 0.6 is 31.9 Å². The molecule has 0 saturated carbocycles. The van der Waals surface area contributed by atoms with Crippen LogP contribution < -0.4 is 11.1 Å². The minimum absolute atomic E-state index is 0.699. The number of rotatable bonds is 2. The maximum Gasteiger partial charge on any atom is 0.0724 e. The van der Waals surface area contributed by atoms with Gasteiger partial charge in [-0.15, -0.1) is 0 Å². The number of anilines is 3. The molecule has 3 nitrogen and oxygen atoms in total. The lowest BCUT2D eigenvalue weighted by Crippen LogP contribution is -1.98. The molecule has 3 aromatic rings. The maximum absolute atomic E-state index is 6.22. The van der Waals surface area contributed by atoms with Gasteiger partial charge >= 0.3 is 0 Å². The number of nitrogens with one attached hydrogen (secondary N) is 1. The standard InChI is InChI=1S/C15H11Br2N3/c16-9-3-4-13(11(17)8-9)20-14-6-5-12-10(15(14)18)2-1-7-19-12/h1-8,20H,18H2. The van der Waals surface area contributed by atoms with Gasteiger partial charge < -0.3 is 11.1 Å². The average Bonchev–Trinajstić information content (AvgIpc) is 2.45. The van der Waals surface area contributed by atoms with Crippen molar-refractivity contribution in [3.63, 3.8) is 0 Å². The zero-order valence-electron chi connectivity index (χ0n) is 10.4. The fourth-order valence-electron chi connectivity index (χ4n) is 2.02. The van der Waals surface area contributed by atoms with Gasteiger partial charge in [0.05, 0.1) is 22.6 Å². The first-order valence-corrected chi connectivity index (χ1v) is 7.59. The smallest absolute Gasteiger partial charge is 0.0724 e. The third-order valence-electron chi connectivity index (χ3n) is 3.03. The van der Waals surface area contributed by atoms with Gasteiger partial charge in [-0.25, -0.2) is 0 Å². The van der Waals surface area contributed by atoms with Crippen molar-refractivity contribution in [1.82, 2.24) is 4.98 Å². The molecule has 20 heavy (non-hydrogen) atoms. The second-order valence-electron chi connectivity index (χ2n) is 4.35. The van der Waals surface area contributed by atoms with Gasteiger partial charge in [-0.2, -0.15) is 0 Å². The largest absolute Gasteiger partial charge is 0.396 e. The maximum atomic E-state index is 6.22. The molecular formula is C15H11Br2N3. The second kappa shape index (κ2) is 5.42. The number of benzene rings is 2. The van der Waals surface area contributed by atoms with Gasteiger partial charge in [-0.3, -0.25) is 4.98 Å². The summed E-state index contributed by atoms with van der Waals surface area (Å²) in [7, 11) is 0. The van der Waals surface area contributed by atoms with Crippen molar-refractivity contribution in [3.8, 4) is 0 Å². The minimum atomic E-state index is 0.699. The van der Waals surface area contributed by atoms with E-state index in [2.05, 4.69) is 42.2 Å². The molecule has 0 fully saturated rings. The van der Waals surface area contributed by atoms with Gasteiger partial charge in [0.15, 0.2) is 0 Å². The number of nitrogen functional groups attached to an aromatic ring is 1. The normalized spacial score (nSPS) is 10.7. The fourth-order valence-corrected chi connectivity index (χ4v) is 3.17. The first-order chi connectivity index (χ1) is 9.65. The second-order valence-corrected chi connectivity index (χ2v) is 6.12. The van der Waals surface area contributed by atoms with Gasteiger partial charge in [-0.1, -0.05) is 15.9 Å². The van der Waals surface area contributed by atoms with Crippen LogP contribution in [0.2, 0.25) is 0 Å². The summed E-state index contributed by atoms with van der Waals surface area (Å²) in [6, 6.07) is 13.7. The first kappa shape index (κ1) is 13.4. The molecule has 0 spiro atoms. The molecule has 0 aliphatic heterocycles. The van der Waals surface area contributed by atoms with E-state index < -0.39 is 0 Å². The van der Waals surface area contributed by atoms with Gasteiger partial charge in [0.25, 0.3) is 0 Å². The number of halogens is 2. The molecule has 1 aromatic heterocycles. The highest BCUT2D eigenvalue weighted by Crippen LogP contribution is 2.33. The summed E-state index contributed by atoms with van der Waals surface area (Å²) in [6.07, 6.45) is 1.76. The Balaban J connectivity index is 2.04. The van der Waals surface area contributed by atoms with Crippen molar-refractivity contribution in [2.45, 2.75) is 0 Å². The average molecular weight is 393 g/mol. The molecule has 0 aliphatic rings. The number of hydrogen-bond acceptors (Lipinski definition) is 3. The van der Waals surface area contributed by atoms with Gasteiger partial charge in [-0.05, 0) is 58.4 Å². The molecule has 0 bridgehead atoms. The number of nitrogens with two attached hydrogens (primary N) is 1. The molecule has 0 aliphatic carbocycles. The van der Waals surface area contributed by atoms with Crippen LogP contribution in [0.15, 0.2) is 57.6 Å². The van der Waals surface area contributed by atoms with Crippen LogP contribution in [0.5, 0.6) is 0 Å². The molecule has 1 heterocycles. The molecule has 0 radical (unpaired) electrons. The van der Waals surface area contributed by atoms with Crippen LogP contribution in [0.4, 0.5) is 17.1 Å². The summed E-state index contributed by atoms with van der Waals surface area (Å²) in [5, 5.41) is 4.29. The summed E-state index contributed by atoms with van der Waals surface area (Å²) < 4.78 is 1.99. The van der Waals surface area contributed by atoms with Gasteiger partial charge in [0.1, 0.15) is 0 Å². The number of fused-ring (bicyclic) bond motifs is 1. The minimum Gasteiger partial charge on any atom is -0.396 e. The first-order valence-electron chi connectivity index (χ1n) is 6.00. The van der Waals surface area contributed by atoms with E-state index in [0.717, 1.165) is 31.2 Å². The van der Waals surface area contributed by atoms with Crippen LogP contribution in [0.1, 0.15) is 0 Å². The van der Waals surface area contributed by atoms with E-state index in [9.17, 15) is 0 Å². The topological polar surface area (TPSA) is 50.9 Å². The predicted molar refractivity (Wildman–Crippen MR) is 91.3 cm³/mol. The number of hydrogen-bond donors (Lipinski definition) is 2. The van der Waals surface area contributed by atoms with E-state index in [1.54, 1.807) is 6.20 Å². The Labute approximate surface area is 133 Å². The highest BCUT2D eigenvalue weighted by atomic mass is 79.9. The highest BCUT2D eigenvalue weighted by molar-refractivity contribution is 9.11. The molecule has 5 heteroatoms. The van der Waals surface area contributed by atoms with Crippen molar-refractivity contribution in [1.29, 1.82) is 0 Å². The molecule has 3 N–H and O–H groups in total. The highest BCUT2D eigenvalue weighted by Gasteiger charge is 2.07. The van der Waals surface area contributed by atoms with Crippen LogP contribution in [-0.2, 0) is 0 Å². The lowest BCUT2D eigenvalue weighted by Gasteiger charge is -2.13. The van der Waals surface area contributed by atoms with E-state index in [1.807, 2.05) is 42.5 Å². The third kappa shape index (κ3) is 2.51. The Morgan fingerprint density at radius 3 is 2.60 bits per heavy atom. The number of nitrogens with zero attached hydrogens (tertiary/aromatic N) is 1. The SMILES string of the molecule is Nc1c(Nc2ccc(Br)cc2Br)ccc2ncccc12. The Morgan fingerprint density at radius 2 is 1.80 bits per heavy atom. The monoisotopic (exact) mass is 391 g/mol. The Morgan fingerprint density at radius 1 is 1.00 bits per heavy atom. The summed E-state index contributed by atoms with van der Waals surface area (Å²) in [5.41, 5.74) is 9.64. The zero-order valence-corrected chi connectivity index (χ0v) is 13.6. The quantitative estimate of drug-likeness (QED) is 0.597.